The monoisotopic (exact) mass is 386 g/mol. The van der Waals surface area contributed by atoms with Crippen LogP contribution in [0.2, 0.25) is 0 Å². The molecule has 0 fully saturated rings. The second kappa shape index (κ2) is 6.98. The Morgan fingerprint density at radius 1 is 1.07 bits per heavy atom. The maximum Gasteiger partial charge on any atom is 0.252 e. The second-order valence-electron chi connectivity index (χ2n) is 6.92. The Balaban J connectivity index is 1.47. The molecule has 0 saturated carbocycles. The van der Waals surface area contributed by atoms with Gasteiger partial charge >= 0.3 is 0 Å². The number of fused-ring (bicyclic) bond motifs is 2. The van der Waals surface area contributed by atoms with Crippen LogP contribution >= 0.6 is 0 Å². The Bertz CT molecular complexity index is 1220. The van der Waals surface area contributed by atoms with Gasteiger partial charge in [0.1, 0.15) is 5.69 Å². The zero-order chi connectivity index (χ0) is 19.8. The number of aromatic nitrogens is 1. The largest absolute Gasteiger partial charge is 0.463 e. The van der Waals surface area contributed by atoms with Crippen molar-refractivity contribution in [3.8, 4) is 23.0 Å². The Hall–Kier alpha value is -3.80. The third-order valence-electron chi connectivity index (χ3n) is 4.87. The molecule has 0 atom stereocenters. The van der Waals surface area contributed by atoms with E-state index in [1.54, 1.807) is 18.4 Å². The van der Waals surface area contributed by atoms with Gasteiger partial charge in [-0.3, -0.25) is 4.79 Å². The predicted molar refractivity (Wildman–Crippen MR) is 108 cm³/mol. The van der Waals surface area contributed by atoms with E-state index < -0.39 is 0 Å². The van der Waals surface area contributed by atoms with Gasteiger partial charge in [-0.2, -0.15) is 0 Å². The van der Waals surface area contributed by atoms with Gasteiger partial charge in [-0.05, 0) is 55.0 Å². The van der Waals surface area contributed by atoms with E-state index in [1.807, 2.05) is 49.4 Å². The smallest absolute Gasteiger partial charge is 0.252 e. The molecule has 6 heteroatoms. The first kappa shape index (κ1) is 17.3. The highest BCUT2D eigenvalue weighted by molar-refractivity contribution is 6.07. The van der Waals surface area contributed by atoms with Crippen LogP contribution in [-0.4, -0.2) is 17.7 Å². The Morgan fingerprint density at radius 2 is 1.97 bits per heavy atom. The Labute approximate surface area is 167 Å². The first-order valence-corrected chi connectivity index (χ1v) is 9.29. The van der Waals surface area contributed by atoms with Gasteiger partial charge in [-0.25, -0.2) is 4.98 Å². The molecule has 1 N–H and O–H groups in total. The summed E-state index contributed by atoms with van der Waals surface area (Å²) in [5.41, 5.74) is 3.93. The standard InChI is InChI=1S/C23H18N2O4/c1-14-4-6-18-16(9-14)17(11-19(25-18)20-3-2-8-27-20)23(26)24-12-15-5-7-21-22(10-15)29-13-28-21/h2-11H,12-13H2,1H3,(H,24,26). The van der Waals surface area contributed by atoms with Crippen molar-refractivity contribution in [3.63, 3.8) is 0 Å². The number of nitrogens with zero attached hydrogens (tertiary/aromatic N) is 1. The van der Waals surface area contributed by atoms with E-state index >= 15 is 0 Å². The molecule has 5 rings (SSSR count). The number of carbonyl (C=O) groups excluding carboxylic acids is 1. The number of aryl methyl sites for hydroxylation is 1. The average molecular weight is 386 g/mol. The lowest BCUT2D eigenvalue weighted by Gasteiger charge is -2.11. The SMILES string of the molecule is Cc1ccc2nc(-c3ccco3)cc(C(=O)NCc3ccc4c(c3)OCO4)c2c1. The molecule has 3 heterocycles. The van der Waals surface area contributed by atoms with E-state index in [2.05, 4.69) is 10.3 Å². The van der Waals surface area contributed by atoms with Crippen LogP contribution in [-0.2, 0) is 6.54 Å². The predicted octanol–water partition coefficient (Wildman–Crippen LogP) is 4.46. The van der Waals surface area contributed by atoms with Crippen molar-refractivity contribution in [2.45, 2.75) is 13.5 Å². The summed E-state index contributed by atoms with van der Waals surface area (Å²) in [6, 6.07) is 16.9. The highest BCUT2D eigenvalue weighted by Crippen LogP contribution is 2.32. The van der Waals surface area contributed by atoms with Crippen LogP contribution in [0.1, 0.15) is 21.5 Å². The number of hydrogen-bond donors (Lipinski definition) is 1. The van der Waals surface area contributed by atoms with E-state index in [-0.39, 0.29) is 12.7 Å². The van der Waals surface area contributed by atoms with E-state index in [1.165, 1.54) is 0 Å². The van der Waals surface area contributed by atoms with Crippen molar-refractivity contribution in [3.05, 3.63) is 77.6 Å². The molecule has 6 nitrogen and oxygen atoms in total. The topological polar surface area (TPSA) is 73.6 Å². The molecule has 2 aromatic heterocycles. The summed E-state index contributed by atoms with van der Waals surface area (Å²) in [5.74, 6) is 1.87. The van der Waals surface area contributed by atoms with Gasteiger partial charge in [0.25, 0.3) is 5.91 Å². The summed E-state index contributed by atoms with van der Waals surface area (Å²) in [7, 11) is 0. The Morgan fingerprint density at radius 3 is 2.83 bits per heavy atom. The number of rotatable bonds is 4. The van der Waals surface area contributed by atoms with Crippen molar-refractivity contribution in [2.75, 3.05) is 6.79 Å². The maximum atomic E-state index is 13.1. The number of ether oxygens (including phenoxy) is 2. The molecule has 144 valence electrons. The summed E-state index contributed by atoms with van der Waals surface area (Å²) in [6.07, 6.45) is 1.59. The lowest BCUT2D eigenvalue weighted by atomic mass is 10.0. The molecular formula is C23H18N2O4. The van der Waals surface area contributed by atoms with E-state index in [0.717, 1.165) is 27.8 Å². The molecule has 0 spiro atoms. The number of benzene rings is 2. The van der Waals surface area contributed by atoms with Gasteiger partial charge < -0.3 is 19.2 Å². The van der Waals surface area contributed by atoms with Crippen LogP contribution in [0.15, 0.2) is 65.3 Å². The van der Waals surface area contributed by atoms with Crippen LogP contribution < -0.4 is 14.8 Å². The number of amides is 1. The number of hydrogen-bond acceptors (Lipinski definition) is 5. The quantitative estimate of drug-likeness (QED) is 0.560. The Kier molecular flexibility index (Phi) is 4.17. The number of nitrogens with one attached hydrogen (secondary N) is 1. The number of carbonyl (C=O) groups is 1. The molecule has 4 aromatic rings. The second-order valence-corrected chi connectivity index (χ2v) is 6.92. The molecule has 2 aromatic carbocycles. The van der Waals surface area contributed by atoms with E-state index in [9.17, 15) is 4.79 Å². The van der Waals surface area contributed by atoms with Gasteiger partial charge in [-0.15, -0.1) is 0 Å². The summed E-state index contributed by atoms with van der Waals surface area (Å²) < 4.78 is 16.2. The van der Waals surface area contributed by atoms with Crippen LogP contribution in [0.3, 0.4) is 0 Å². The van der Waals surface area contributed by atoms with Crippen molar-refractivity contribution >= 4 is 16.8 Å². The highest BCUT2D eigenvalue weighted by Gasteiger charge is 2.17. The van der Waals surface area contributed by atoms with Crippen molar-refractivity contribution in [1.29, 1.82) is 0 Å². The molecule has 0 saturated heterocycles. The molecule has 0 unspecified atom stereocenters. The highest BCUT2D eigenvalue weighted by atomic mass is 16.7. The van der Waals surface area contributed by atoms with Crippen LogP contribution in [0, 0.1) is 6.92 Å². The lowest BCUT2D eigenvalue weighted by molar-refractivity contribution is 0.0952. The molecule has 1 aliphatic rings. The molecular weight excluding hydrogens is 368 g/mol. The summed E-state index contributed by atoms with van der Waals surface area (Å²) in [4.78, 5) is 17.7. The summed E-state index contributed by atoms with van der Waals surface area (Å²) in [6.45, 7) is 2.60. The fourth-order valence-electron chi connectivity index (χ4n) is 3.41. The number of furan rings is 1. The van der Waals surface area contributed by atoms with Crippen LogP contribution in [0.5, 0.6) is 11.5 Å². The lowest BCUT2D eigenvalue weighted by Crippen LogP contribution is -2.23. The molecule has 1 amide bonds. The van der Waals surface area contributed by atoms with E-state index in [4.69, 9.17) is 13.9 Å². The summed E-state index contributed by atoms with van der Waals surface area (Å²) >= 11 is 0. The fraction of sp³-hybridized carbons (Fsp3) is 0.130. The molecule has 1 aliphatic heterocycles. The van der Waals surface area contributed by atoms with Gasteiger partial charge in [-0.1, -0.05) is 17.7 Å². The minimum absolute atomic E-state index is 0.173. The average Bonchev–Trinajstić information content (AvgIpc) is 3.42. The van der Waals surface area contributed by atoms with E-state index in [0.29, 0.717) is 29.3 Å². The van der Waals surface area contributed by atoms with Crippen LogP contribution in [0.25, 0.3) is 22.4 Å². The number of pyridine rings is 1. The third-order valence-corrected chi connectivity index (χ3v) is 4.87. The van der Waals surface area contributed by atoms with Crippen molar-refractivity contribution < 1.29 is 18.7 Å². The zero-order valence-corrected chi connectivity index (χ0v) is 15.8. The maximum absolute atomic E-state index is 13.1. The third kappa shape index (κ3) is 3.29. The summed E-state index contributed by atoms with van der Waals surface area (Å²) in [5, 5.41) is 3.81. The minimum Gasteiger partial charge on any atom is -0.463 e. The van der Waals surface area contributed by atoms with Gasteiger partial charge in [0.2, 0.25) is 6.79 Å². The molecule has 29 heavy (non-hydrogen) atoms. The van der Waals surface area contributed by atoms with Crippen molar-refractivity contribution in [1.82, 2.24) is 10.3 Å². The minimum atomic E-state index is -0.173. The van der Waals surface area contributed by atoms with Crippen LogP contribution in [0.4, 0.5) is 0 Å². The zero-order valence-electron chi connectivity index (χ0n) is 15.8. The van der Waals surface area contributed by atoms with Gasteiger partial charge in [0, 0.05) is 11.9 Å². The molecule has 0 bridgehead atoms. The molecule has 0 radical (unpaired) electrons. The van der Waals surface area contributed by atoms with Crippen molar-refractivity contribution in [2.24, 2.45) is 0 Å². The fourth-order valence-corrected chi connectivity index (χ4v) is 3.41. The first-order chi connectivity index (χ1) is 14.2. The molecule has 0 aliphatic carbocycles. The van der Waals surface area contributed by atoms with Gasteiger partial charge in [0.15, 0.2) is 17.3 Å². The first-order valence-electron chi connectivity index (χ1n) is 9.29. The normalized spacial score (nSPS) is 12.3. The van der Waals surface area contributed by atoms with Gasteiger partial charge in [0.05, 0.1) is 17.3 Å².